The number of amides is 1. The van der Waals surface area contributed by atoms with E-state index in [0.717, 1.165) is 31.5 Å². The largest absolute Gasteiger partial charge is 0.415 e. The van der Waals surface area contributed by atoms with Crippen LogP contribution in [0.4, 0.5) is 17.2 Å². The minimum Gasteiger partial charge on any atom is -0.415 e. The lowest BCUT2D eigenvalue weighted by atomic mass is 9.92. The van der Waals surface area contributed by atoms with Gasteiger partial charge in [0.15, 0.2) is 8.32 Å². The molecule has 0 radical (unpaired) electrons. The topological polar surface area (TPSA) is 115 Å². The number of thiazole rings is 1. The van der Waals surface area contributed by atoms with E-state index in [1.807, 2.05) is 12.1 Å². The van der Waals surface area contributed by atoms with Crippen LogP contribution in [0.2, 0.25) is 18.1 Å². The zero-order valence-corrected chi connectivity index (χ0v) is 25.5. The number of anilines is 2. The molecule has 0 saturated carbocycles. The van der Waals surface area contributed by atoms with Gasteiger partial charge in [-0.2, -0.15) is 0 Å². The molecule has 1 saturated heterocycles. The predicted molar refractivity (Wildman–Crippen MR) is 159 cm³/mol. The third-order valence-electron chi connectivity index (χ3n) is 8.51. The first kappa shape index (κ1) is 28.3. The summed E-state index contributed by atoms with van der Waals surface area (Å²) in [6, 6.07) is 4.82. The molecular formula is C28H36N6O4SSi. The molecule has 0 aromatic carbocycles. The van der Waals surface area contributed by atoms with E-state index in [0.29, 0.717) is 34.8 Å². The third kappa shape index (κ3) is 5.27. The van der Waals surface area contributed by atoms with Crippen LogP contribution in [0.3, 0.4) is 0 Å². The summed E-state index contributed by atoms with van der Waals surface area (Å²) < 4.78 is 6.66. The molecule has 5 rings (SSSR count). The molecule has 1 fully saturated rings. The van der Waals surface area contributed by atoms with E-state index >= 15 is 0 Å². The van der Waals surface area contributed by atoms with Gasteiger partial charge in [0.05, 0.1) is 53.0 Å². The van der Waals surface area contributed by atoms with Crippen molar-refractivity contribution in [3.05, 3.63) is 68.5 Å². The molecule has 2 unspecified atom stereocenters. The van der Waals surface area contributed by atoms with Crippen LogP contribution in [-0.2, 0) is 10.8 Å². The SMILES string of the molecule is CC(C)(C)[Si](C)(C)OCC1CCCCN1c1ccnc([N+](=O)[O-])c1C1Cc2ncsc2C(=O)N1c1cccnc1. The van der Waals surface area contributed by atoms with Gasteiger partial charge in [-0.1, -0.05) is 20.8 Å². The lowest BCUT2D eigenvalue weighted by Crippen LogP contribution is -2.49. The molecule has 2 aliphatic heterocycles. The Balaban J connectivity index is 1.61. The van der Waals surface area contributed by atoms with Crippen molar-refractivity contribution in [2.24, 2.45) is 0 Å². The van der Waals surface area contributed by atoms with Crippen molar-refractivity contribution >= 4 is 42.8 Å². The van der Waals surface area contributed by atoms with Gasteiger partial charge in [0.25, 0.3) is 5.91 Å². The molecule has 2 aliphatic rings. The third-order valence-corrected chi connectivity index (χ3v) is 13.9. The van der Waals surface area contributed by atoms with Gasteiger partial charge in [0, 0.05) is 25.2 Å². The van der Waals surface area contributed by atoms with Crippen LogP contribution in [0.25, 0.3) is 0 Å². The number of carbonyl (C=O) groups is 1. The molecule has 2 atom stereocenters. The lowest BCUT2D eigenvalue weighted by molar-refractivity contribution is -0.390. The molecule has 0 spiro atoms. The van der Waals surface area contributed by atoms with E-state index in [1.165, 1.54) is 17.5 Å². The van der Waals surface area contributed by atoms with Crippen molar-refractivity contribution in [3.63, 3.8) is 0 Å². The van der Waals surface area contributed by atoms with Gasteiger partial charge in [0.1, 0.15) is 11.1 Å². The molecule has 40 heavy (non-hydrogen) atoms. The Kier molecular flexibility index (Phi) is 7.77. The predicted octanol–water partition coefficient (Wildman–Crippen LogP) is 6.17. The normalized spacial score (nSPS) is 20.0. The number of piperidine rings is 1. The van der Waals surface area contributed by atoms with Crippen LogP contribution in [0.15, 0.2) is 42.3 Å². The summed E-state index contributed by atoms with van der Waals surface area (Å²) in [6.45, 7) is 12.5. The van der Waals surface area contributed by atoms with Crippen LogP contribution < -0.4 is 9.80 Å². The maximum Gasteiger partial charge on any atom is 0.370 e. The molecule has 10 nitrogen and oxygen atoms in total. The van der Waals surface area contributed by atoms with Crippen molar-refractivity contribution in [2.45, 2.75) is 76.7 Å². The molecule has 212 valence electrons. The van der Waals surface area contributed by atoms with Crippen molar-refractivity contribution in [3.8, 4) is 0 Å². The van der Waals surface area contributed by atoms with Crippen LogP contribution in [0.5, 0.6) is 0 Å². The number of nitrogens with zero attached hydrogens (tertiary/aromatic N) is 6. The van der Waals surface area contributed by atoms with Crippen molar-refractivity contribution in [1.82, 2.24) is 15.0 Å². The van der Waals surface area contributed by atoms with Gasteiger partial charge < -0.3 is 19.4 Å². The number of fused-ring (bicyclic) bond motifs is 1. The second kappa shape index (κ2) is 11.0. The Bertz CT molecular complexity index is 1390. The number of carbonyl (C=O) groups excluding carboxylic acids is 1. The highest BCUT2D eigenvalue weighted by molar-refractivity contribution is 7.12. The van der Waals surface area contributed by atoms with E-state index < -0.39 is 19.3 Å². The van der Waals surface area contributed by atoms with E-state index in [9.17, 15) is 14.9 Å². The Hall–Kier alpha value is -3.22. The average molecular weight is 581 g/mol. The minimum atomic E-state index is -2.00. The first-order valence-electron chi connectivity index (χ1n) is 13.7. The highest BCUT2D eigenvalue weighted by Gasteiger charge is 2.43. The Morgan fingerprint density at radius 1 is 1.20 bits per heavy atom. The fourth-order valence-electron chi connectivity index (χ4n) is 5.32. The smallest absolute Gasteiger partial charge is 0.370 e. The van der Waals surface area contributed by atoms with Gasteiger partial charge in [-0.05, 0) is 59.4 Å². The number of hydrogen-bond acceptors (Lipinski definition) is 9. The first-order chi connectivity index (χ1) is 19.0. The zero-order chi connectivity index (χ0) is 28.7. The molecule has 3 aromatic heterocycles. The number of pyridine rings is 2. The molecule has 12 heteroatoms. The summed E-state index contributed by atoms with van der Waals surface area (Å²) in [6.07, 6.45) is 8.08. The van der Waals surface area contributed by atoms with E-state index in [2.05, 4.69) is 53.7 Å². The molecule has 0 aliphatic carbocycles. The quantitative estimate of drug-likeness (QED) is 0.185. The summed E-state index contributed by atoms with van der Waals surface area (Å²) in [4.78, 5) is 43.2. The summed E-state index contributed by atoms with van der Waals surface area (Å²) >= 11 is 1.29. The minimum absolute atomic E-state index is 0.0598. The molecule has 1 amide bonds. The maximum atomic E-state index is 13.9. The van der Waals surface area contributed by atoms with Crippen molar-refractivity contribution < 1.29 is 14.1 Å². The van der Waals surface area contributed by atoms with E-state index in [-0.39, 0.29) is 22.8 Å². The monoisotopic (exact) mass is 580 g/mol. The van der Waals surface area contributed by atoms with Crippen LogP contribution >= 0.6 is 11.3 Å². The summed E-state index contributed by atoms with van der Waals surface area (Å²) in [7, 11) is -2.00. The number of hydrogen-bond donors (Lipinski definition) is 0. The van der Waals surface area contributed by atoms with E-state index in [1.54, 1.807) is 28.9 Å². The molecule has 0 N–H and O–H groups in total. The number of nitro groups is 1. The fourth-order valence-corrected chi connectivity index (χ4v) is 7.12. The highest BCUT2D eigenvalue weighted by Crippen LogP contribution is 2.45. The lowest BCUT2D eigenvalue weighted by Gasteiger charge is -2.43. The summed E-state index contributed by atoms with van der Waals surface area (Å²) in [5.74, 6) is -0.472. The van der Waals surface area contributed by atoms with Gasteiger partial charge in [-0.25, -0.2) is 4.98 Å². The Labute approximate surface area is 239 Å². The van der Waals surface area contributed by atoms with E-state index in [4.69, 9.17) is 4.43 Å². The van der Waals surface area contributed by atoms with Gasteiger partial charge in [-0.15, -0.1) is 11.3 Å². The highest BCUT2D eigenvalue weighted by atomic mass is 32.1. The standard InChI is InChI=1S/C28H36N6O4SSi/c1-28(2,3)40(4,5)38-17-20-9-6-7-14-32(20)22-11-13-30-26(34(36)37)24(22)23-15-21-25(39-18-31-21)27(35)33(23)19-10-8-12-29-16-19/h8,10-13,16,18,20,23H,6-7,9,14-15,17H2,1-5H3. The van der Waals surface area contributed by atoms with Gasteiger partial charge in [0.2, 0.25) is 0 Å². The van der Waals surface area contributed by atoms with Crippen LogP contribution in [0, 0.1) is 10.1 Å². The van der Waals surface area contributed by atoms with Crippen molar-refractivity contribution in [1.29, 1.82) is 0 Å². The number of rotatable bonds is 7. The fraction of sp³-hybridized carbons (Fsp3) is 0.500. The van der Waals surface area contributed by atoms with Crippen LogP contribution in [-0.4, -0.2) is 53.3 Å². The van der Waals surface area contributed by atoms with Crippen molar-refractivity contribution in [2.75, 3.05) is 23.0 Å². The molecule has 0 bridgehead atoms. The summed E-state index contributed by atoms with van der Waals surface area (Å²) in [5, 5.41) is 12.5. The van der Waals surface area contributed by atoms with Gasteiger partial charge >= 0.3 is 5.82 Å². The van der Waals surface area contributed by atoms with Crippen LogP contribution in [0.1, 0.15) is 67.0 Å². The zero-order valence-electron chi connectivity index (χ0n) is 23.7. The summed E-state index contributed by atoms with van der Waals surface area (Å²) in [5.41, 5.74) is 4.06. The molecular weight excluding hydrogens is 544 g/mol. The average Bonchev–Trinajstić information content (AvgIpc) is 3.41. The second-order valence-corrected chi connectivity index (χ2v) is 17.6. The maximum absolute atomic E-state index is 13.9. The molecule has 5 heterocycles. The molecule has 3 aromatic rings. The Morgan fingerprint density at radius 3 is 2.70 bits per heavy atom. The van der Waals surface area contributed by atoms with Gasteiger partial charge in [-0.3, -0.25) is 14.7 Å². The number of aromatic nitrogens is 3. The first-order valence-corrected chi connectivity index (χ1v) is 17.5. The Morgan fingerprint density at radius 2 is 2.00 bits per heavy atom. The second-order valence-electron chi connectivity index (χ2n) is 12.0.